The fourth-order valence-corrected chi connectivity index (χ4v) is 2.94. The number of nitro groups is 1. The number of nitro benzene ring substituents is 1. The van der Waals surface area contributed by atoms with E-state index in [-0.39, 0.29) is 5.69 Å². The zero-order valence-electron chi connectivity index (χ0n) is 14.3. The van der Waals surface area contributed by atoms with E-state index in [1.54, 1.807) is 36.6 Å². The zero-order chi connectivity index (χ0) is 18.1. The number of aliphatic imine (C=N–C) groups is 1. The van der Waals surface area contributed by atoms with Crippen molar-refractivity contribution >= 4 is 28.7 Å². The molecule has 1 aromatic carbocycles. The number of hydrogen-bond donors (Lipinski definition) is 3. The SMILES string of the molecule is CCc1cnc(CNC(=NC)NCCNc2ccccc2[N+](=O)[O-])s1. The van der Waals surface area contributed by atoms with Gasteiger partial charge >= 0.3 is 0 Å². The van der Waals surface area contributed by atoms with Crippen molar-refractivity contribution in [2.24, 2.45) is 4.99 Å². The van der Waals surface area contributed by atoms with Gasteiger partial charge in [-0.1, -0.05) is 19.1 Å². The number of benzene rings is 1. The zero-order valence-corrected chi connectivity index (χ0v) is 15.1. The molecule has 0 aliphatic heterocycles. The minimum absolute atomic E-state index is 0.0699. The Hall–Kier alpha value is -2.68. The van der Waals surface area contributed by atoms with Crippen LogP contribution in [-0.2, 0) is 13.0 Å². The van der Waals surface area contributed by atoms with Crippen LogP contribution < -0.4 is 16.0 Å². The van der Waals surface area contributed by atoms with Crippen LogP contribution in [-0.4, -0.2) is 36.0 Å². The van der Waals surface area contributed by atoms with Gasteiger partial charge in [-0.05, 0) is 12.5 Å². The number of guanidine groups is 1. The third kappa shape index (κ3) is 5.71. The maximum absolute atomic E-state index is 11.0. The van der Waals surface area contributed by atoms with Crippen LogP contribution in [0.4, 0.5) is 11.4 Å². The van der Waals surface area contributed by atoms with Gasteiger partial charge in [-0.3, -0.25) is 15.1 Å². The van der Waals surface area contributed by atoms with Gasteiger partial charge in [0.1, 0.15) is 10.7 Å². The molecule has 0 spiro atoms. The van der Waals surface area contributed by atoms with Crippen LogP contribution in [0.2, 0.25) is 0 Å². The molecule has 0 unspecified atom stereocenters. The van der Waals surface area contributed by atoms with Gasteiger partial charge in [-0.15, -0.1) is 11.3 Å². The fraction of sp³-hybridized carbons (Fsp3) is 0.375. The Morgan fingerprint density at radius 3 is 2.80 bits per heavy atom. The minimum atomic E-state index is -0.394. The van der Waals surface area contributed by atoms with Crippen molar-refractivity contribution < 1.29 is 4.92 Å². The van der Waals surface area contributed by atoms with Crippen molar-refractivity contribution in [1.29, 1.82) is 0 Å². The Morgan fingerprint density at radius 1 is 1.32 bits per heavy atom. The second-order valence-electron chi connectivity index (χ2n) is 5.13. The molecule has 0 atom stereocenters. The van der Waals surface area contributed by atoms with Crippen molar-refractivity contribution in [2.75, 3.05) is 25.5 Å². The van der Waals surface area contributed by atoms with E-state index in [0.29, 0.717) is 31.3 Å². The number of nitrogens with zero attached hydrogens (tertiary/aromatic N) is 3. The molecule has 0 bridgehead atoms. The first-order chi connectivity index (χ1) is 12.1. The van der Waals surface area contributed by atoms with Gasteiger partial charge < -0.3 is 16.0 Å². The maximum atomic E-state index is 11.0. The van der Waals surface area contributed by atoms with Crippen LogP contribution >= 0.6 is 11.3 Å². The molecule has 1 aromatic heterocycles. The average Bonchev–Trinajstić information content (AvgIpc) is 3.09. The lowest BCUT2D eigenvalue weighted by Gasteiger charge is -2.12. The smallest absolute Gasteiger partial charge is 0.292 e. The van der Waals surface area contributed by atoms with Crippen molar-refractivity contribution in [3.63, 3.8) is 0 Å². The van der Waals surface area contributed by atoms with Crippen LogP contribution in [0.25, 0.3) is 0 Å². The van der Waals surface area contributed by atoms with E-state index < -0.39 is 4.92 Å². The highest BCUT2D eigenvalue weighted by atomic mass is 32.1. The molecule has 25 heavy (non-hydrogen) atoms. The molecule has 134 valence electrons. The number of aryl methyl sites for hydroxylation is 1. The largest absolute Gasteiger partial charge is 0.378 e. The van der Waals surface area contributed by atoms with E-state index in [2.05, 4.69) is 32.9 Å². The van der Waals surface area contributed by atoms with Crippen molar-refractivity contribution in [3.05, 3.63) is 50.5 Å². The normalized spacial score (nSPS) is 11.2. The minimum Gasteiger partial charge on any atom is -0.378 e. The summed E-state index contributed by atoms with van der Waals surface area (Å²) in [5.74, 6) is 0.664. The number of aromatic nitrogens is 1. The summed E-state index contributed by atoms with van der Waals surface area (Å²) in [6.45, 7) is 3.82. The van der Waals surface area contributed by atoms with E-state index in [1.807, 2.05) is 6.20 Å². The molecule has 0 aliphatic carbocycles. The summed E-state index contributed by atoms with van der Waals surface area (Å²) in [4.78, 5) is 20.3. The van der Waals surface area contributed by atoms with Gasteiger partial charge in [0.05, 0.1) is 11.5 Å². The number of nitrogens with one attached hydrogen (secondary N) is 3. The summed E-state index contributed by atoms with van der Waals surface area (Å²) in [6, 6.07) is 6.59. The monoisotopic (exact) mass is 362 g/mol. The molecule has 8 nitrogen and oxygen atoms in total. The first kappa shape index (κ1) is 18.7. The highest BCUT2D eigenvalue weighted by Gasteiger charge is 2.11. The van der Waals surface area contributed by atoms with E-state index in [0.717, 1.165) is 11.4 Å². The van der Waals surface area contributed by atoms with E-state index >= 15 is 0 Å². The average molecular weight is 362 g/mol. The third-order valence-corrected chi connectivity index (χ3v) is 4.56. The molecule has 0 saturated carbocycles. The predicted octanol–water partition coefficient (Wildman–Crippen LogP) is 2.39. The summed E-state index contributed by atoms with van der Waals surface area (Å²) in [5, 5.41) is 21.4. The number of thiazole rings is 1. The van der Waals surface area contributed by atoms with Gasteiger partial charge in [0.2, 0.25) is 0 Å². The Morgan fingerprint density at radius 2 is 2.12 bits per heavy atom. The molecular formula is C16H22N6O2S. The van der Waals surface area contributed by atoms with Crippen LogP contribution in [0.15, 0.2) is 35.5 Å². The van der Waals surface area contributed by atoms with Crippen LogP contribution in [0.5, 0.6) is 0 Å². The first-order valence-corrected chi connectivity index (χ1v) is 8.81. The number of hydrogen-bond acceptors (Lipinski definition) is 6. The van der Waals surface area contributed by atoms with Crippen LogP contribution in [0, 0.1) is 10.1 Å². The highest BCUT2D eigenvalue weighted by molar-refractivity contribution is 7.11. The molecule has 0 radical (unpaired) electrons. The second kappa shape index (κ2) is 9.58. The molecular weight excluding hydrogens is 340 g/mol. The molecule has 0 amide bonds. The lowest BCUT2D eigenvalue weighted by Crippen LogP contribution is -2.39. The van der Waals surface area contributed by atoms with Gasteiger partial charge in [0.25, 0.3) is 5.69 Å². The molecule has 0 fully saturated rings. The molecule has 1 heterocycles. The predicted molar refractivity (Wildman–Crippen MR) is 101 cm³/mol. The molecule has 2 rings (SSSR count). The van der Waals surface area contributed by atoms with Crippen molar-refractivity contribution in [3.8, 4) is 0 Å². The topological polar surface area (TPSA) is 104 Å². The summed E-state index contributed by atoms with van der Waals surface area (Å²) >= 11 is 1.68. The van der Waals surface area contributed by atoms with Gasteiger partial charge in [-0.2, -0.15) is 0 Å². The molecule has 9 heteroatoms. The first-order valence-electron chi connectivity index (χ1n) is 7.99. The summed E-state index contributed by atoms with van der Waals surface area (Å²) < 4.78 is 0. The Labute approximate surface area is 150 Å². The quantitative estimate of drug-likeness (QED) is 0.219. The number of rotatable bonds is 8. The standard InChI is InChI=1S/C16H22N6O2S/c1-3-12-10-20-15(25-12)11-21-16(17-2)19-9-8-18-13-6-4-5-7-14(13)22(23)24/h4-7,10,18H,3,8-9,11H2,1-2H3,(H2,17,19,21). The van der Waals surface area contributed by atoms with E-state index in [1.165, 1.54) is 10.9 Å². The van der Waals surface area contributed by atoms with Crippen molar-refractivity contribution in [2.45, 2.75) is 19.9 Å². The van der Waals surface area contributed by atoms with Gasteiger partial charge in [-0.25, -0.2) is 4.98 Å². The van der Waals surface area contributed by atoms with Crippen LogP contribution in [0.1, 0.15) is 16.8 Å². The van der Waals surface area contributed by atoms with Gasteiger partial charge in [0, 0.05) is 37.3 Å². The lowest BCUT2D eigenvalue weighted by molar-refractivity contribution is -0.384. The number of para-hydroxylation sites is 2. The Kier molecular flexibility index (Phi) is 7.15. The third-order valence-electron chi connectivity index (χ3n) is 3.41. The molecule has 0 saturated heterocycles. The van der Waals surface area contributed by atoms with Crippen LogP contribution in [0.3, 0.4) is 0 Å². The summed E-state index contributed by atoms with van der Waals surface area (Å²) in [6.07, 6.45) is 2.89. The number of anilines is 1. The Bertz CT molecular complexity index is 731. The summed E-state index contributed by atoms with van der Waals surface area (Å²) in [7, 11) is 1.70. The molecule has 0 aliphatic rings. The van der Waals surface area contributed by atoms with Crippen molar-refractivity contribution in [1.82, 2.24) is 15.6 Å². The molecule has 2 aromatic rings. The second-order valence-corrected chi connectivity index (χ2v) is 6.33. The van der Waals surface area contributed by atoms with E-state index in [4.69, 9.17) is 0 Å². The molecule has 3 N–H and O–H groups in total. The summed E-state index contributed by atoms with van der Waals surface area (Å²) in [5.41, 5.74) is 0.577. The lowest BCUT2D eigenvalue weighted by atomic mass is 10.2. The van der Waals surface area contributed by atoms with Gasteiger partial charge in [0.15, 0.2) is 5.96 Å². The maximum Gasteiger partial charge on any atom is 0.292 e. The Balaban J connectivity index is 1.75. The highest BCUT2D eigenvalue weighted by Crippen LogP contribution is 2.22. The fourth-order valence-electron chi connectivity index (χ4n) is 2.13. The van der Waals surface area contributed by atoms with E-state index in [9.17, 15) is 10.1 Å².